The molecule has 1 aliphatic heterocycles. The van der Waals surface area contributed by atoms with Crippen molar-refractivity contribution < 1.29 is 0 Å². The zero-order valence-corrected chi connectivity index (χ0v) is 12.3. The van der Waals surface area contributed by atoms with Gasteiger partial charge in [-0.1, -0.05) is 13.8 Å². The summed E-state index contributed by atoms with van der Waals surface area (Å²) in [6, 6.07) is 4.13. The Bertz CT molecular complexity index is 403. The summed E-state index contributed by atoms with van der Waals surface area (Å²) in [5, 5.41) is 0. The van der Waals surface area contributed by atoms with Gasteiger partial charge in [-0.2, -0.15) is 0 Å². The van der Waals surface area contributed by atoms with Crippen molar-refractivity contribution in [3.05, 3.63) is 22.2 Å². The molecule has 0 aromatic heterocycles. The molecular formula is C14H21BrN2. The van der Waals surface area contributed by atoms with E-state index in [0.717, 1.165) is 29.0 Å². The van der Waals surface area contributed by atoms with Gasteiger partial charge in [-0.25, -0.2) is 0 Å². The lowest BCUT2D eigenvalue weighted by Gasteiger charge is -2.35. The number of nitrogens with zero attached hydrogens (tertiary/aromatic N) is 1. The van der Waals surface area contributed by atoms with Gasteiger partial charge in [0.05, 0.1) is 5.69 Å². The molecule has 94 valence electrons. The van der Waals surface area contributed by atoms with Crippen molar-refractivity contribution in [1.29, 1.82) is 0 Å². The first-order valence-electron chi connectivity index (χ1n) is 6.44. The molecule has 3 heteroatoms. The third kappa shape index (κ3) is 2.76. The van der Waals surface area contributed by atoms with Crippen molar-refractivity contribution in [3.63, 3.8) is 0 Å². The van der Waals surface area contributed by atoms with Crippen molar-refractivity contribution in [2.75, 3.05) is 23.7 Å². The second-order valence-corrected chi connectivity index (χ2v) is 5.91. The Morgan fingerprint density at radius 1 is 1.47 bits per heavy atom. The Kier molecular flexibility index (Phi) is 3.97. The first kappa shape index (κ1) is 12.7. The number of piperidine rings is 1. The Morgan fingerprint density at radius 3 is 2.88 bits per heavy atom. The highest BCUT2D eigenvalue weighted by Crippen LogP contribution is 2.35. The predicted octanol–water partition coefficient (Wildman–Crippen LogP) is 3.83. The van der Waals surface area contributed by atoms with Crippen molar-refractivity contribution >= 4 is 27.3 Å². The fourth-order valence-electron chi connectivity index (χ4n) is 2.70. The number of nitrogens with two attached hydrogens (primary N) is 1. The minimum Gasteiger partial charge on any atom is -0.399 e. The van der Waals surface area contributed by atoms with Crippen LogP contribution in [0.3, 0.4) is 0 Å². The van der Waals surface area contributed by atoms with E-state index >= 15 is 0 Å². The number of halogens is 1. The molecule has 2 rings (SSSR count). The van der Waals surface area contributed by atoms with Gasteiger partial charge in [0.1, 0.15) is 0 Å². The van der Waals surface area contributed by atoms with Crippen molar-refractivity contribution in [1.82, 2.24) is 0 Å². The molecule has 1 aliphatic rings. The van der Waals surface area contributed by atoms with Crippen molar-refractivity contribution in [2.24, 2.45) is 5.92 Å². The van der Waals surface area contributed by atoms with Gasteiger partial charge < -0.3 is 10.6 Å². The van der Waals surface area contributed by atoms with E-state index in [1.807, 2.05) is 6.07 Å². The van der Waals surface area contributed by atoms with E-state index in [0.29, 0.717) is 0 Å². The van der Waals surface area contributed by atoms with E-state index in [9.17, 15) is 0 Å². The van der Waals surface area contributed by atoms with Crippen LogP contribution in [0.5, 0.6) is 0 Å². The van der Waals surface area contributed by atoms with E-state index in [2.05, 4.69) is 40.7 Å². The van der Waals surface area contributed by atoms with E-state index in [1.54, 1.807) is 0 Å². The molecule has 17 heavy (non-hydrogen) atoms. The molecule has 0 aliphatic carbocycles. The van der Waals surface area contributed by atoms with Gasteiger partial charge in [0.15, 0.2) is 0 Å². The smallest absolute Gasteiger partial charge is 0.0544 e. The van der Waals surface area contributed by atoms with Crippen LogP contribution in [0.1, 0.15) is 32.3 Å². The minimum atomic E-state index is 0.790. The Morgan fingerprint density at radius 2 is 2.24 bits per heavy atom. The minimum absolute atomic E-state index is 0.790. The van der Waals surface area contributed by atoms with Gasteiger partial charge in [0, 0.05) is 23.2 Å². The summed E-state index contributed by atoms with van der Waals surface area (Å²) in [7, 11) is 0. The van der Waals surface area contributed by atoms with Gasteiger partial charge in [0.25, 0.3) is 0 Å². The van der Waals surface area contributed by atoms with Crippen LogP contribution in [0.15, 0.2) is 16.6 Å². The maximum atomic E-state index is 5.91. The highest BCUT2D eigenvalue weighted by molar-refractivity contribution is 9.10. The van der Waals surface area contributed by atoms with Gasteiger partial charge in [-0.05, 0) is 58.8 Å². The molecule has 0 saturated carbocycles. The summed E-state index contributed by atoms with van der Waals surface area (Å²) in [6.07, 6.45) is 3.68. The van der Waals surface area contributed by atoms with Crippen LogP contribution in [0.4, 0.5) is 11.4 Å². The quantitative estimate of drug-likeness (QED) is 0.841. The molecular weight excluding hydrogens is 276 g/mol. The molecule has 1 saturated heterocycles. The lowest BCUT2D eigenvalue weighted by Crippen LogP contribution is -2.35. The molecule has 2 nitrogen and oxygen atoms in total. The third-order valence-corrected chi connectivity index (χ3v) is 4.12. The maximum absolute atomic E-state index is 5.91. The topological polar surface area (TPSA) is 29.3 Å². The number of nitrogen functional groups attached to an aromatic ring is 1. The van der Waals surface area contributed by atoms with E-state index < -0.39 is 0 Å². The van der Waals surface area contributed by atoms with Crippen molar-refractivity contribution in [3.8, 4) is 0 Å². The molecule has 1 fully saturated rings. The van der Waals surface area contributed by atoms with E-state index in [4.69, 9.17) is 5.73 Å². The summed E-state index contributed by atoms with van der Waals surface area (Å²) < 4.78 is 1.14. The van der Waals surface area contributed by atoms with Crippen LogP contribution in [0.2, 0.25) is 0 Å². The second-order valence-electron chi connectivity index (χ2n) is 5.06. The fraction of sp³-hybridized carbons (Fsp3) is 0.571. The monoisotopic (exact) mass is 296 g/mol. The van der Waals surface area contributed by atoms with Crippen LogP contribution >= 0.6 is 15.9 Å². The van der Waals surface area contributed by atoms with Gasteiger partial charge in [0.2, 0.25) is 0 Å². The molecule has 1 heterocycles. The number of benzene rings is 1. The summed E-state index contributed by atoms with van der Waals surface area (Å²) in [4.78, 5) is 2.51. The largest absolute Gasteiger partial charge is 0.399 e. The van der Waals surface area contributed by atoms with E-state index in [-0.39, 0.29) is 0 Å². The molecule has 1 aromatic carbocycles. The Labute approximate surface area is 112 Å². The Balaban J connectivity index is 2.36. The number of hydrogen-bond donors (Lipinski definition) is 1. The molecule has 1 aromatic rings. The summed E-state index contributed by atoms with van der Waals surface area (Å²) >= 11 is 3.67. The van der Waals surface area contributed by atoms with Gasteiger partial charge in [-0.3, -0.25) is 0 Å². The lowest BCUT2D eigenvalue weighted by molar-refractivity contribution is 0.446. The van der Waals surface area contributed by atoms with Crippen LogP contribution < -0.4 is 10.6 Å². The SMILES string of the molecule is CCc1cc(N)cc(Br)c1N1CCC[C@@H](C)C1. The lowest BCUT2D eigenvalue weighted by atomic mass is 9.98. The molecule has 0 unspecified atom stereocenters. The number of rotatable bonds is 2. The van der Waals surface area contributed by atoms with Gasteiger partial charge >= 0.3 is 0 Å². The highest BCUT2D eigenvalue weighted by atomic mass is 79.9. The molecule has 0 amide bonds. The molecule has 0 spiro atoms. The van der Waals surface area contributed by atoms with Gasteiger partial charge in [-0.15, -0.1) is 0 Å². The summed E-state index contributed by atoms with van der Waals surface area (Å²) in [6.45, 7) is 6.86. The number of hydrogen-bond acceptors (Lipinski definition) is 2. The van der Waals surface area contributed by atoms with Crippen LogP contribution in [-0.2, 0) is 6.42 Å². The first-order chi connectivity index (χ1) is 8.11. The average Bonchev–Trinajstić information content (AvgIpc) is 2.27. The fourth-order valence-corrected chi connectivity index (χ4v) is 3.47. The van der Waals surface area contributed by atoms with Crippen molar-refractivity contribution in [2.45, 2.75) is 33.1 Å². The standard InChI is InChI=1S/C14H21BrN2/c1-3-11-7-12(16)8-13(15)14(11)17-6-4-5-10(2)9-17/h7-8,10H,3-6,9,16H2,1-2H3/t10-/m1/s1. The van der Waals surface area contributed by atoms with Crippen LogP contribution in [0, 0.1) is 5.92 Å². The third-order valence-electron chi connectivity index (χ3n) is 3.52. The van der Waals surface area contributed by atoms with Crippen LogP contribution in [-0.4, -0.2) is 13.1 Å². The zero-order chi connectivity index (χ0) is 12.4. The molecule has 0 radical (unpaired) electrons. The normalized spacial score (nSPS) is 20.6. The van der Waals surface area contributed by atoms with E-state index in [1.165, 1.54) is 30.6 Å². The summed E-state index contributed by atoms with van der Waals surface area (Å²) in [5.74, 6) is 0.790. The molecule has 1 atom stereocenters. The van der Waals surface area contributed by atoms with Crippen LogP contribution in [0.25, 0.3) is 0 Å². The molecule has 0 bridgehead atoms. The highest BCUT2D eigenvalue weighted by Gasteiger charge is 2.20. The predicted molar refractivity (Wildman–Crippen MR) is 78.5 cm³/mol. The Hall–Kier alpha value is -0.700. The maximum Gasteiger partial charge on any atom is 0.0544 e. The first-order valence-corrected chi connectivity index (χ1v) is 7.24. The summed E-state index contributed by atoms with van der Waals surface area (Å²) in [5.41, 5.74) is 9.47. The average molecular weight is 297 g/mol. The number of anilines is 2. The zero-order valence-electron chi connectivity index (χ0n) is 10.7. The second kappa shape index (κ2) is 5.30. The molecule has 2 N–H and O–H groups in total. The number of aryl methyl sites for hydroxylation is 1.